The number of pyridine rings is 1. The second-order valence-electron chi connectivity index (χ2n) is 5.14. The third kappa shape index (κ3) is 3.16. The van der Waals surface area contributed by atoms with Crippen molar-refractivity contribution in [3.63, 3.8) is 0 Å². The first-order valence-electron chi connectivity index (χ1n) is 5.66. The molecule has 2 heterocycles. The molecule has 0 radical (unpaired) electrons. The van der Waals surface area contributed by atoms with E-state index in [9.17, 15) is 14.7 Å². The van der Waals surface area contributed by atoms with Gasteiger partial charge in [-0.25, -0.2) is 4.98 Å². The van der Waals surface area contributed by atoms with Crippen LogP contribution in [0, 0.1) is 5.41 Å². The van der Waals surface area contributed by atoms with E-state index in [4.69, 9.17) is 0 Å². The van der Waals surface area contributed by atoms with Crippen LogP contribution in [0.2, 0.25) is 0 Å². The van der Waals surface area contributed by atoms with Gasteiger partial charge in [-0.05, 0) is 0 Å². The van der Waals surface area contributed by atoms with Crippen molar-refractivity contribution in [2.45, 2.75) is 25.1 Å². The van der Waals surface area contributed by atoms with E-state index in [1.54, 1.807) is 0 Å². The van der Waals surface area contributed by atoms with Gasteiger partial charge in [0.2, 0.25) is 0 Å². The quantitative estimate of drug-likeness (QED) is 0.850. The number of Topliss-reactive ketones (excluding diaryl/α,β-unsaturated/α-hetero) is 1. The highest BCUT2D eigenvalue weighted by Crippen LogP contribution is 2.33. The third-order valence-corrected chi connectivity index (χ3v) is 4.73. The van der Waals surface area contributed by atoms with Crippen molar-refractivity contribution in [3.8, 4) is 5.75 Å². The summed E-state index contributed by atoms with van der Waals surface area (Å²) in [7, 11) is 0. The summed E-state index contributed by atoms with van der Waals surface area (Å²) in [4.78, 5) is 29.8. The Hall–Kier alpha value is -1.34. The molecular weight excluding hydrogens is 284 g/mol. The summed E-state index contributed by atoms with van der Waals surface area (Å²) in [6, 6.07) is 1.12. The van der Waals surface area contributed by atoms with Crippen LogP contribution in [0.1, 0.15) is 20.8 Å². The fourth-order valence-corrected chi connectivity index (χ4v) is 3.48. The van der Waals surface area contributed by atoms with E-state index >= 15 is 0 Å². The van der Waals surface area contributed by atoms with Crippen LogP contribution in [-0.2, 0) is 4.79 Å². The lowest BCUT2D eigenvalue weighted by Crippen LogP contribution is -2.21. The Morgan fingerprint density at radius 1 is 1.53 bits per heavy atom. The number of nitrogens with one attached hydrogen (secondary N) is 1. The molecule has 0 saturated carbocycles. The minimum atomic E-state index is -0.391. The lowest BCUT2D eigenvalue weighted by atomic mass is 9.92. The SMILES string of the molecule is CC(C)(C)C(=O)CSc1nc2[nH]c(=O)cc(O)c2s1. The summed E-state index contributed by atoms with van der Waals surface area (Å²) in [6.07, 6.45) is 0. The second-order valence-corrected chi connectivity index (χ2v) is 7.36. The number of hydrogen-bond donors (Lipinski definition) is 2. The second kappa shape index (κ2) is 4.97. The molecule has 2 aromatic heterocycles. The van der Waals surface area contributed by atoms with Crippen molar-refractivity contribution in [2.24, 2.45) is 5.41 Å². The number of thioether (sulfide) groups is 1. The first-order valence-corrected chi connectivity index (χ1v) is 7.46. The van der Waals surface area contributed by atoms with Crippen LogP contribution in [0.15, 0.2) is 15.2 Å². The van der Waals surface area contributed by atoms with E-state index in [0.717, 1.165) is 6.07 Å². The number of rotatable bonds is 3. The van der Waals surface area contributed by atoms with Crippen LogP contribution in [0.3, 0.4) is 0 Å². The molecule has 2 N–H and O–H groups in total. The van der Waals surface area contributed by atoms with E-state index in [1.807, 2.05) is 20.8 Å². The molecule has 0 aliphatic carbocycles. The van der Waals surface area contributed by atoms with E-state index in [2.05, 4.69) is 9.97 Å². The molecule has 0 unspecified atom stereocenters. The number of nitrogens with zero attached hydrogens (tertiary/aromatic N) is 1. The molecule has 0 saturated heterocycles. The van der Waals surface area contributed by atoms with E-state index in [-0.39, 0.29) is 16.9 Å². The molecule has 19 heavy (non-hydrogen) atoms. The molecule has 2 aromatic rings. The normalized spacial score (nSPS) is 11.9. The molecule has 0 amide bonds. The Bertz CT molecular complexity index is 682. The van der Waals surface area contributed by atoms with Gasteiger partial charge >= 0.3 is 0 Å². The first kappa shape index (κ1) is 14.1. The summed E-state index contributed by atoms with van der Waals surface area (Å²) in [5.74, 6) is 0.383. The molecule has 0 spiro atoms. The number of carbonyl (C=O) groups is 1. The number of fused-ring (bicyclic) bond motifs is 1. The Morgan fingerprint density at radius 3 is 2.84 bits per heavy atom. The van der Waals surface area contributed by atoms with Crippen LogP contribution in [-0.4, -0.2) is 26.6 Å². The van der Waals surface area contributed by atoms with Crippen LogP contribution < -0.4 is 5.56 Å². The third-order valence-electron chi connectivity index (χ3n) is 2.51. The number of aromatic hydroxyl groups is 1. The zero-order valence-electron chi connectivity index (χ0n) is 10.8. The Morgan fingerprint density at radius 2 is 2.21 bits per heavy atom. The highest BCUT2D eigenvalue weighted by Gasteiger charge is 2.21. The molecule has 5 nitrogen and oxygen atoms in total. The number of H-pyrrole nitrogens is 1. The molecule has 0 aromatic carbocycles. The van der Waals surface area contributed by atoms with Crippen molar-refractivity contribution in [1.29, 1.82) is 0 Å². The molecule has 0 fully saturated rings. The van der Waals surface area contributed by atoms with Gasteiger partial charge in [-0.1, -0.05) is 32.5 Å². The van der Waals surface area contributed by atoms with Gasteiger partial charge in [-0.2, -0.15) is 0 Å². The van der Waals surface area contributed by atoms with Gasteiger partial charge in [0.1, 0.15) is 16.2 Å². The maximum atomic E-state index is 11.8. The van der Waals surface area contributed by atoms with Gasteiger partial charge < -0.3 is 10.1 Å². The summed E-state index contributed by atoms with van der Waals surface area (Å²) in [5, 5.41) is 9.65. The minimum absolute atomic E-state index is 0.0785. The molecule has 0 atom stereocenters. The summed E-state index contributed by atoms with van der Waals surface area (Å²) >= 11 is 2.59. The van der Waals surface area contributed by atoms with E-state index in [1.165, 1.54) is 23.1 Å². The molecular formula is C12H14N2O3S2. The van der Waals surface area contributed by atoms with Gasteiger partial charge in [-0.3, -0.25) is 9.59 Å². The lowest BCUT2D eigenvalue weighted by molar-refractivity contribution is -0.123. The van der Waals surface area contributed by atoms with Gasteiger partial charge in [0.05, 0.1) is 5.75 Å². The van der Waals surface area contributed by atoms with E-state index in [0.29, 0.717) is 20.4 Å². The number of aromatic nitrogens is 2. The monoisotopic (exact) mass is 298 g/mol. The Labute approximate surface area is 118 Å². The number of hydrogen-bond acceptors (Lipinski definition) is 6. The maximum Gasteiger partial charge on any atom is 0.253 e. The van der Waals surface area contributed by atoms with Crippen molar-refractivity contribution in [1.82, 2.24) is 9.97 Å². The predicted octanol–water partition coefficient (Wildman–Crippen LogP) is 2.40. The summed E-state index contributed by atoms with van der Waals surface area (Å²) < 4.78 is 1.19. The highest BCUT2D eigenvalue weighted by molar-refractivity contribution is 8.01. The topological polar surface area (TPSA) is 83.0 Å². The molecule has 0 bridgehead atoms. The lowest BCUT2D eigenvalue weighted by Gasteiger charge is -2.15. The van der Waals surface area contributed by atoms with E-state index < -0.39 is 5.56 Å². The van der Waals surface area contributed by atoms with Gasteiger partial charge in [0.25, 0.3) is 5.56 Å². The predicted molar refractivity (Wildman–Crippen MR) is 77.1 cm³/mol. The summed E-state index contributed by atoms with van der Waals surface area (Å²) in [5.41, 5.74) is -0.404. The molecule has 102 valence electrons. The Balaban J connectivity index is 2.21. The van der Waals surface area contributed by atoms with Crippen LogP contribution >= 0.6 is 23.1 Å². The Kier molecular flexibility index (Phi) is 3.69. The summed E-state index contributed by atoms with van der Waals surface area (Å²) in [6.45, 7) is 5.62. The number of aromatic amines is 1. The van der Waals surface area contributed by atoms with Crippen LogP contribution in [0.25, 0.3) is 10.3 Å². The molecule has 7 heteroatoms. The van der Waals surface area contributed by atoms with Gasteiger partial charge in [-0.15, -0.1) is 11.3 Å². The van der Waals surface area contributed by atoms with Gasteiger partial charge in [0.15, 0.2) is 9.99 Å². The zero-order valence-corrected chi connectivity index (χ0v) is 12.4. The van der Waals surface area contributed by atoms with Crippen LogP contribution in [0.5, 0.6) is 5.75 Å². The number of ketones is 1. The fraction of sp³-hybridized carbons (Fsp3) is 0.417. The molecule has 0 aliphatic heterocycles. The van der Waals surface area contributed by atoms with Crippen molar-refractivity contribution >= 4 is 39.2 Å². The largest absolute Gasteiger partial charge is 0.506 e. The number of carbonyl (C=O) groups excluding carboxylic acids is 1. The average molecular weight is 298 g/mol. The first-order chi connectivity index (χ1) is 8.77. The standard InChI is InChI=1S/C12H14N2O3S2/c1-12(2,3)7(16)5-18-11-14-10-9(19-11)6(15)4-8(17)13-10/h4H,5H2,1-3H3,(H2,13,15,17). The highest BCUT2D eigenvalue weighted by atomic mass is 32.2. The van der Waals surface area contributed by atoms with Crippen molar-refractivity contribution in [2.75, 3.05) is 5.75 Å². The smallest absolute Gasteiger partial charge is 0.253 e. The van der Waals surface area contributed by atoms with Gasteiger partial charge in [0, 0.05) is 11.5 Å². The number of thiazole rings is 1. The maximum absolute atomic E-state index is 11.8. The average Bonchev–Trinajstić information content (AvgIpc) is 2.67. The fourth-order valence-electron chi connectivity index (χ4n) is 1.31. The zero-order chi connectivity index (χ0) is 14.2. The molecule has 0 aliphatic rings. The minimum Gasteiger partial charge on any atom is -0.506 e. The van der Waals surface area contributed by atoms with Crippen LogP contribution in [0.4, 0.5) is 0 Å². The van der Waals surface area contributed by atoms with Crippen molar-refractivity contribution in [3.05, 3.63) is 16.4 Å². The van der Waals surface area contributed by atoms with Crippen molar-refractivity contribution < 1.29 is 9.90 Å². The molecule has 2 rings (SSSR count).